The van der Waals surface area contributed by atoms with Crippen LogP contribution in [0.4, 0.5) is 10.5 Å². The van der Waals surface area contributed by atoms with E-state index >= 15 is 0 Å². The number of benzene rings is 2. The minimum absolute atomic E-state index is 0.0189. The number of anilines is 1. The van der Waals surface area contributed by atoms with E-state index in [1.54, 1.807) is 11.0 Å². The van der Waals surface area contributed by atoms with Gasteiger partial charge in [0.25, 0.3) is 11.1 Å². The molecule has 2 aliphatic rings. The Balaban J connectivity index is 1.39. The molecule has 0 spiro atoms. The maximum Gasteiger partial charge on any atom is 0.294 e. The van der Waals surface area contributed by atoms with Crippen LogP contribution < -0.4 is 9.64 Å². The van der Waals surface area contributed by atoms with E-state index in [1.165, 1.54) is 0 Å². The number of amides is 3. The number of carbonyl (C=O) groups excluding carboxylic acids is 3. The third-order valence-corrected chi connectivity index (χ3v) is 6.40. The van der Waals surface area contributed by atoms with Crippen molar-refractivity contribution in [2.75, 3.05) is 37.6 Å². The van der Waals surface area contributed by atoms with Crippen molar-refractivity contribution in [3.8, 4) is 5.75 Å². The van der Waals surface area contributed by atoms with Gasteiger partial charge in [0.1, 0.15) is 12.3 Å². The van der Waals surface area contributed by atoms with Gasteiger partial charge >= 0.3 is 0 Å². The minimum atomic E-state index is -0.444. The lowest BCUT2D eigenvalue weighted by Crippen LogP contribution is -2.51. The SMILES string of the molecule is CC(C)Oc1ccccc1/C=C1\SC(=O)N(CC(=O)N2CCN(c3ccccc3)CC2)C1=O. The van der Waals surface area contributed by atoms with E-state index in [1.807, 2.05) is 56.3 Å². The van der Waals surface area contributed by atoms with Crippen LogP contribution in [-0.4, -0.2) is 65.7 Å². The number of ether oxygens (including phenoxy) is 1. The zero-order valence-electron chi connectivity index (χ0n) is 18.8. The first-order valence-corrected chi connectivity index (χ1v) is 11.8. The number of nitrogens with zero attached hydrogens (tertiary/aromatic N) is 3. The van der Waals surface area contributed by atoms with Crippen molar-refractivity contribution in [2.45, 2.75) is 20.0 Å². The molecule has 2 fully saturated rings. The second-order valence-electron chi connectivity index (χ2n) is 8.18. The lowest BCUT2D eigenvalue weighted by atomic mass is 10.2. The van der Waals surface area contributed by atoms with Gasteiger partial charge in [0.15, 0.2) is 0 Å². The van der Waals surface area contributed by atoms with Crippen LogP contribution in [0.3, 0.4) is 0 Å². The van der Waals surface area contributed by atoms with Crippen LogP contribution in [0.2, 0.25) is 0 Å². The number of hydrogen-bond donors (Lipinski definition) is 0. The molecule has 4 rings (SSSR count). The van der Waals surface area contributed by atoms with E-state index in [-0.39, 0.29) is 18.6 Å². The highest BCUT2D eigenvalue weighted by Gasteiger charge is 2.37. The summed E-state index contributed by atoms with van der Waals surface area (Å²) in [5, 5.41) is -0.426. The van der Waals surface area contributed by atoms with E-state index in [4.69, 9.17) is 4.74 Å². The first-order valence-electron chi connectivity index (χ1n) is 11.0. The standard InChI is InChI=1S/C25H27N3O4S/c1-18(2)32-21-11-7-6-8-19(21)16-22-24(30)28(25(31)33-22)17-23(29)27-14-12-26(13-15-27)20-9-4-3-5-10-20/h3-11,16,18H,12-15,17H2,1-2H3/b22-16-. The molecule has 0 radical (unpaired) electrons. The van der Waals surface area contributed by atoms with Gasteiger partial charge in [-0.3, -0.25) is 19.3 Å². The van der Waals surface area contributed by atoms with Gasteiger partial charge in [-0.2, -0.15) is 0 Å². The Morgan fingerprint density at radius 2 is 1.67 bits per heavy atom. The smallest absolute Gasteiger partial charge is 0.294 e. The molecule has 2 aromatic carbocycles. The first kappa shape index (κ1) is 22.9. The summed E-state index contributed by atoms with van der Waals surface area (Å²) < 4.78 is 5.80. The molecule has 7 nitrogen and oxygen atoms in total. The normalized spacial score (nSPS) is 17.9. The van der Waals surface area contributed by atoms with Crippen LogP contribution >= 0.6 is 11.8 Å². The molecule has 0 atom stereocenters. The highest BCUT2D eigenvalue weighted by atomic mass is 32.2. The van der Waals surface area contributed by atoms with Crippen molar-refractivity contribution in [1.82, 2.24) is 9.80 Å². The van der Waals surface area contributed by atoms with Crippen molar-refractivity contribution in [3.63, 3.8) is 0 Å². The van der Waals surface area contributed by atoms with Gasteiger partial charge < -0.3 is 14.5 Å². The summed E-state index contributed by atoms with van der Waals surface area (Å²) in [6, 6.07) is 17.4. The van der Waals surface area contributed by atoms with E-state index in [2.05, 4.69) is 17.0 Å². The Morgan fingerprint density at radius 1 is 1.00 bits per heavy atom. The number of carbonyl (C=O) groups is 3. The molecule has 0 aliphatic carbocycles. The van der Waals surface area contributed by atoms with E-state index in [9.17, 15) is 14.4 Å². The van der Waals surface area contributed by atoms with Crippen LogP contribution in [0, 0.1) is 0 Å². The second kappa shape index (κ2) is 10.1. The fourth-order valence-electron chi connectivity index (χ4n) is 3.83. The number of rotatable bonds is 6. The molecule has 3 amide bonds. The molecule has 2 heterocycles. The van der Waals surface area contributed by atoms with Gasteiger partial charge in [0.2, 0.25) is 5.91 Å². The first-order chi connectivity index (χ1) is 15.9. The van der Waals surface area contributed by atoms with Crippen LogP contribution in [0.5, 0.6) is 5.75 Å². The van der Waals surface area contributed by atoms with Crippen LogP contribution in [-0.2, 0) is 9.59 Å². The maximum atomic E-state index is 12.9. The Morgan fingerprint density at radius 3 is 2.36 bits per heavy atom. The lowest BCUT2D eigenvalue weighted by molar-refractivity contribution is -0.136. The van der Waals surface area contributed by atoms with Gasteiger partial charge in [-0.05, 0) is 49.9 Å². The highest BCUT2D eigenvalue weighted by molar-refractivity contribution is 8.18. The lowest BCUT2D eigenvalue weighted by Gasteiger charge is -2.36. The fraction of sp³-hybridized carbons (Fsp3) is 0.320. The number of hydrogen-bond acceptors (Lipinski definition) is 6. The number of para-hydroxylation sites is 2. The predicted molar refractivity (Wildman–Crippen MR) is 130 cm³/mol. The van der Waals surface area contributed by atoms with Crippen LogP contribution in [0.1, 0.15) is 19.4 Å². The summed E-state index contributed by atoms with van der Waals surface area (Å²) in [5.41, 5.74) is 1.85. The van der Waals surface area contributed by atoms with Crippen LogP contribution in [0.15, 0.2) is 59.5 Å². The second-order valence-corrected chi connectivity index (χ2v) is 9.17. The molecular weight excluding hydrogens is 438 g/mol. The summed E-state index contributed by atoms with van der Waals surface area (Å²) in [7, 11) is 0. The Bertz CT molecular complexity index is 1060. The van der Waals surface area contributed by atoms with Crippen molar-refractivity contribution < 1.29 is 19.1 Å². The number of thioether (sulfide) groups is 1. The Hall–Kier alpha value is -3.26. The van der Waals surface area contributed by atoms with Crippen molar-refractivity contribution in [3.05, 3.63) is 65.1 Å². The van der Waals surface area contributed by atoms with Crippen molar-refractivity contribution in [1.29, 1.82) is 0 Å². The molecule has 0 saturated carbocycles. The topological polar surface area (TPSA) is 70.2 Å². The van der Waals surface area contributed by atoms with Gasteiger partial charge in [-0.1, -0.05) is 36.4 Å². The zero-order chi connectivity index (χ0) is 23.4. The summed E-state index contributed by atoms with van der Waals surface area (Å²) in [5.74, 6) is -0.0120. The van der Waals surface area contributed by atoms with Crippen molar-refractivity contribution in [2.24, 2.45) is 0 Å². The average molecular weight is 466 g/mol. The molecular formula is C25H27N3O4S. The summed E-state index contributed by atoms with van der Waals surface area (Å²) >= 11 is 0.855. The summed E-state index contributed by atoms with van der Waals surface area (Å²) in [6.45, 7) is 6.15. The van der Waals surface area contributed by atoms with Crippen molar-refractivity contribution >= 4 is 40.6 Å². The van der Waals surface area contributed by atoms with E-state index in [0.29, 0.717) is 36.8 Å². The molecule has 0 aromatic heterocycles. The minimum Gasteiger partial charge on any atom is -0.490 e. The number of piperazine rings is 1. The molecule has 33 heavy (non-hydrogen) atoms. The van der Waals surface area contributed by atoms with Gasteiger partial charge in [0.05, 0.1) is 11.0 Å². The molecule has 2 aromatic rings. The molecule has 0 bridgehead atoms. The highest BCUT2D eigenvalue weighted by Crippen LogP contribution is 2.34. The van der Waals surface area contributed by atoms with Gasteiger partial charge in [-0.25, -0.2) is 0 Å². The molecule has 2 aliphatic heterocycles. The monoisotopic (exact) mass is 465 g/mol. The average Bonchev–Trinajstić information content (AvgIpc) is 3.08. The molecule has 172 valence electrons. The van der Waals surface area contributed by atoms with Crippen LogP contribution in [0.25, 0.3) is 6.08 Å². The largest absolute Gasteiger partial charge is 0.490 e. The third kappa shape index (κ3) is 5.39. The molecule has 0 N–H and O–H groups in total. The Kier molecular flexibility index (Phi) is 7.03. The third-order valence-electron chi connectivity index (χ3n) is 5.49. The quantitative estimate of drug-likeness (QED) is 0.604. The molecule has 2 saturated heterocycles. The van der Waals surface area contributed by atoms with E-state index in [0.717, 1.165) is 27.9 Å². The molecule has 8 heteroatoms. The summed E-state index contributed by atoms with van der Waals surface area (Å²) in [6.07, 6.45) is 1.64. The maximum absolute atomic E-state index is 12.9. The summed E-state index contributed by atoms with van der Waals surface area (Å²) in [4.78, 5) is 43.5. The predicted octanol–water partition coefficient (Wildman–Crippen LogP) is 3.86. The van der Waals surface area contributed by atoms with Gasteiger partial charge in [-0.15, -0.1) is 0 Å². The van der Waals surface area contributed by atoms with E-state index < -0.39 is 11.1 Å². The fourth-order valence-corrected chi connectivity index (χ4v) is 4.66. The van der Waals surface area contributed by atoms with Gasteiger partial charge in [0, 0.05) is 37.4 Å². The zero-order valence-corrected chi connectivity index (χ0v) is 19.6. The molecule has 0 unspecified atom stereocenters. The number of imide groups is 1. The Labute approximate surface area is 198 Å².